The Hall–Kier alpha value is -2.21. The molecule has 0 aliphatic carbocycles. The van der Waals surface area contributed by atoms with Gasteiger partial charge in [0.1, 0.15) is 12.1 Å². The normalized spacial score (nSPS) is 24.3. The van der Waals surface area contributed by atoms with Crippen LogP contribution in [-0.2, 0) is 0 Å². The van der Waals surface area contributed by atoms with Gasteiger partial charge in [-0.3, -0.25) is 9.36 Å². The molecule has 2 atom stereocenters. The third kappa shape index (κ3) is 2.29. The monoisotopic (exact) mass is 297 g/mol. The Morgan fingerprint density at radius 1 is 1.23 bits per heavy atom. The Kier molecular flexibility index (Phi) is 3.38. The van der Waals surface area contributed by atoms with Gasteiger partial charge >= 0.3 is 0 Å². The number of nitrogens with one attached hydrogen (secondary N) is 1. The zero-order valence-electron chi connectivity index (χ0n) is 12.4. The molecule has 2 aromatic heterocycles. The van der Waals surface area contributed by atoms with Gasteiger partial charge in [-0.15, -0.1) is 0 Å². The van der Waals surface area contributed by atoms with Crippen molar-refractivity contribution in [2.24, 2.45) is 0 Å². The molecule has 0 saturated carbocycles. The van der Waals surface area contributed by atoms with Crippen LogP contribution in [0.25, 0.3) is 5.82 Å². The van der Waals surface area contributed by atoms with E-state index in [9.17, 15) is 4.79 Å². The summed E-state index contributed by atoms with van der Waals surface area (Å²) in [6.45, 7) is 1.91. The van der Waals surface area contributed by atoms with Crippen LogP contribution in [0, 0.1) is 0 Å². The van der Waals surface area contributed by atoms with Gasteiger partial charge in [0, 0.05) is 42.8 Å². The summed E-state index contributed by atoms with van der Waals surface area (Å²) < 4.78 is 1.81. The highest BCUT2D eigenvalue weighted by Gasteiger charge is 2.38. The van der Waals surface area contributed by atoms with Crippen molar-refractivity contribution in [2.75, 3.05) is 13.1 Å². The first kappa shape index (κ1) is 13.5. The van der Waals surface area contributed by atoms with Crippen molar-refractivity contribution in [3.05, 3.63) is 42.6 Å². The van der Waals surface area contributed by atoms with Gasteiger partial charge in [0.15, 0.2) is 0 Å². The summed E-state index contributed by atoms with van der Waals surface area (Å²) in [7, 11) is 0. The van der Waals surface area contributed by atoms with Gasteiger partial charge in [0.2, 0.25) is 0 Å². The SMILES string of the molecule is O=C(c1ccnc(-n2ccnc2)c1)N1C2CCNCC1CC2. The molecule has 114 valence electrons. The number of aromatic nitrogens is 3. The van der Waals surface area contributed by atoms with Gasteiger partial charge in [-0.25, -0.2) is 9.97 Å². The Morgan fingerprint density at radius 2 is 2.14 bits per heavy atom. The van der Waals surface area contributed by atoms with Gasteiger partial charge in [-0.1, -0.05) is 0 Å². The molecule has 6 heteroatoms. The van der Waals surface area contributed by atoms with Crippen LogP contribution in [0.1, 0.15) is 29.6 Å². The van der Waals surface area contributed by atoms with Crippen molar-refractivity contribution >= 4 is 5.91 Å². The molecule has 0 radical (unpaired) electrons. The number of hydrogen-bond acceptors (Lipinski definition) is 4. The third-order valence-electron chi connectivity index (χ3n) is 4.65. The second kappa shape index (κ2) is 5.53. The molecule has 2 aromatic rings. The van der Waals surface area contributed by atoms with E-state index in [0.717, 1.165) is 38.2 Å². The molecule has 0 spiro atoms. The van der Waals surface area contributed by atoms with E-state index in [-0.39, 0.29) is 5.91 Å². The Balaban J connectivity index is 1.64. The molecule has 2 aliphatic rings. The molecule has 1 N–H and O–H groups in total. The number of pyridine rings is 1. The lowest BCUT2D eigenvalue weighted by molar-refractivity contribution is 0.0680. The minimum Gasteiger partial charge on any atom is -0.331 e. The number of carbonyl (C=O) groups excluding carboxylic acids is 1. The minimum absolute atomic E-state index is 0.125. The summed E-state index contributed by atoms with van der Waals surface area (Å²) in [6.07, 6.45) is 10.2. The zero-order valence-corrected chi connectivity index (χ0v) is 12.4. The number of carbonyl (C=O) groups is 1. The minimum atomic E-state index is 0.125. The molecule has 2 fully saturated rings. The first-order valence-electron chi connectivity index (χ1n) is 7.81. The number of nitrogens with zero attached hydrogens (tertiary/aromatic N) is 4. The maximum Gasteiger partial charge on any atom is 0.254 e. The maximum atomic E-state index is 13.0. The zero-order chi connectivity index (χ0) is 14.9. The van der Waals surface area contributed by atoms with Crippen LogP contribution in [0.15, 0.2) is 37.1 Å². The Morgan fingerprint density at radius 3 is 3.00 bits per heavy atom. The lowest BCUT2D eigenvalue weighted by Gasteiger charge is -2.28. The van der Waals surface area contributed by atoms with Crippen molar-refractivity contribution < 1.29 is 4.79 Å². The van der Waals surface area contributed by atoms with Crippen LogP contribution in [-0.4, -0.2) is 50.5 Å². The van der Waals surface area contributed by atoms with Crippen LogP contribution in [0.5, 0.6) is 0 Å². The van der Waals surface area contributed by atoms with E-state index in [1.807, 2.05) is 16.8 Å². The van der Waals surface area contributed by atoms with Gasteiger partial charge in [0.25, 0.3) is 5.91 Å². The molecular formula is C16H19N5O. The molecule has 2 unspecified atom stereocenters. The van der Waals surface area contributed by atoms with E-state index >= 15 is 0 Å². The summed E-state index contributed by atoms with van der Waals surface area (Å²) in [5.41, 5.74) is 0.706. The molecule has 22 heavy (non-hydrogen) atoms. The standard InChI is InChI=1S/C16H19N5O/c22-16(21-13-1-2-14(21)10-17-5-4-13)12-3-6-19-15(9-12)20-8-7-18-11-20/h3,6-9,11,13-14,17H,1-2,4-5,10H2. The first-order chi connectivity index (χ1) is 10.8. The van der Waals surface area contributed by atoms with Gasteiger partial charge in [-0.05, 0) is 37.9 Å². The predicted molar refractivity (Wildman–Crippen MR) is 81.8 cm³/mol. The smallest absolute Gasteiger partial charge is 0.254 e. The van der Waals surface area contributed by atoms with Crippen LogP contribution in [0.3, 0.4) is 0 Å². The second-order valence-electron chi connectivity index (χ2n) is 5.96. The third-order valence-corrected chi connectivity index (χ3v) is 4.65. The highest BCUT2D eigenvalue weighted by molar-refractivity contribution is 5.95. The topological polar surface area (TPSA) is 63.1 Å². The van der Waals surface area contributed by atoms with Crippen LogP contribution in [0.4, 0.5) is 0 Å². The highest BCUT2D eigenvalue weighted by Crippen LogP contribution is 2.29. The summed E-state index contributed by atoms with van der Waals surface area (Å²) in [5, 5.41) is 3.43. The Labute approximate surface area is 129 Å². The van der Waals surface area contributed by atoms with Gasteiger partial charge < -0.3 is 10.2 Å². The molecule has 4 rings (SSSR count). The average Bonchev–Trinajstić information content (AvgIpc) is 3.14. The molecule has 1 amide bonds. The van der Waals surface area contributed by atoms with Crippen molar-refractivity contribution in [3.63, 3.8) is 0 Å². The number of fused-ring (bicyclic) bond motifs is 2. The van der Waals surface area contributed by atoms with Gasteiger partial charge in [0.05, 0.1) is 0 Å². The summed E-state index contributed by atoms with van der Waals surface area (Å²) in [4.78, 5) is 23.4. The quantitative estimate of drug-likeness (QED) is 0.906. The van der Waals surface area contributed by atoms with E-state index in [1.54, 1.807) is 24.8 Å². The summed E-state index contributed by atoms with van der Waals surface area (Å²) in [6, 6.07) is 4.35. The summed E-state index contributed by atoms with van der Waals surface area (Å²) >= 11 is 0. The molecule has 2 saturated heterocycles. The maximum absolute atomic E-state index is 13.0. The van der Waals surface area contributed by atoms with E-state index in [4.69, 9.17) is 0 Å². The van der Waals surface area contributed by atoms with Crippen LogP contribution in [0.2, 0.25) is 0 Å². The molecular weight excluding hydrogens is 278 g/mol. The molecule has 2 aliphatic heterocycles. The second-order valence-corrected chi connectivity index (χ2v) is 5.96. The molecule has 4 heterocycles. The average molecular weight is 297 g/mol. The first-order valence-corrected chi connectivity index (χ1v) is 7.81. The fourth-order valence-corrected chi connectivity index (χ4v) is 3.55. The lowest BCUT2D eigenvalue weighted by Crippen LogP contribution is -2.42. The predicted octanol–water partition coefficient (Wildman–Crippen LogP) is 1.23. The molecule has 2 bridgehead atoms. The largest absolute Gasteiger partial charge is 0.331 e. The number of imidazole rings is 1. The van der Waals surface area contributed by atoms with E-state index in [0.29, 0.717) is 17.6 Å². The van der Waals surface area contributed by atoms with Crippen molar-refractivity contribution in [1.82, 2.24) is 24.8 Å². The van der Waals surface area contributed by atoms with E-state index in [2.05, 4.69) is 20.2 Å². The van der Waals surface area contributed by atoms with E-state index < -0.39 is 0 Å². The Bertz CT molecular complexity index is 655. The van der Waals surface area contributed by atoms with Crippen molar-refractivity contribution in [3.8, 4) is 5.82 Å². The fraction of sp³-hybridized carbons (Fsp3) is 0.438. The fourth-order valence-electron chi connectivity index (χ4n) is 3.55. The number of amides is 1. The van der Waals surface area contributed by atoms with Crippen LogP contribution < -0.4 is 5.32 Å². The lowest BCUT2D eigenvalue weighted by atomic mass is 10.1. The number of hydrogen-bond donors (Lipinski definition) is 1. The van der Waals surface area contributed by atoms with Crippen molar-refractivity contribution in [1.29, 1.82) is 0 Å². The molecule has 6 nitrogen and oxygen atoms in total. The van der Waals surface area contributed by atoms with Crippen molar-refractivity contribution in [2.45, 2.75) is 31.3 Å². The highest BCUT2D eigenvalue weighted by atomic mass is 16.2. The van der Waals surface area contributed by atoms with Gasteiger partial charge in [-0.2, -0.15) is 0 Å². The van der Waals surface area contributed by atoms with Crippen LogP contribution >= 0.6 is 0 Å². The summed E-state index contributed by atoms with van der Waals surface area (Å²) in [5.74, 6) is 0.851. The number of rotatable bonds is 2. The van der Waals surface area contributed by atoms with E-state index in [1.165, 1.54) is 0 Å². The molecule has 0 aromatic carbocycles.